The summed E-state index contributed by atoms with van der Waals surface area (Å²) in [5.41, 5.74) is 0. The first-order chi connectivity index (χ1) is 12.8. The van der Waals surface area contributed by atoms with E-state index >= 15 is 0 Å². The molecule has 0 saturated heterocycles. The molecule has 0 fully saturated rings. The summed E-state index contributed by atoms with van der Waals surface area (Å²) in [5.74, 6) is -0.159. The molecular formula is C22H31NO3Si. The van der Waals surface area contributed by atoms with Crippen molar-refractivity contribution in [3.05, 3.63) is 60.7 Å². The summed E-state index contributed by atoms with van der Waals surface area (Å²) < 4.78 is 6.88. The van der Waals surface area contributed by atoms with Gasteiger partial charge in [-0.3, -0.25) is 9.63 Å². The minimum Gasteiger partial charge on any atom is -0.395 e. The quantitative estimate of drug-likeness (QED) is 0.542. The van der Waals surface area contributed by atoms with E-state index in [1.807, 2.05) is 43.3 Å². The zero-order chi connectivity index (χ0) is 20.1. The van der Waals surface area contributed by atoms with Gasteiger partial charge in [0, 0.05) is 7.05 Å². The monoisotopic (exact) mass is 385 g/mol. The number of benzene rings is 2. The van der Waals surface area contributed by atoms with E-state index in [0.29, 0.717) is 6.42 Å². The first-order valence-corrected chi connectivity index (χ1v) is 11.3. The summed E-state index contributed by atoms with van der Waals surface area (Å²) in [5, 5.41) is 3.41. The van der Waals surface area contributed by atoms with Gasteiger partial charge in [0.25, 0.3) is 14.2 Å². The lowest BCUT2D eigenvalue weighted by atomic mass is 10.2. The first kappa shape index (κ1) is 21.3. The summed E-state index contributed by atoms with van der Waals surface area (Å²) in [6.07, 6.45) is 0.0121. The Morgan fingerprint density at radius 2 is 1.44 bits per heavy atom. The van der Waals surface area contributed by atoms with Crippen LogP contribution in [0.15, 0.2) is 60.7 Å². The van der Waals surface area contributed by atoms with Gasteiger partial charge in [-0.05, 0) is 21.8 Å². The van der Waals surface area contributed by atoms with Gasteiger partial charge in [0.05, 0.1) is 7.11 Å². The number of nitrogens with zero attached hydrogens (tertiary/aromatic N) is 1. The van der Waals surface area contributed by atoms with E-state index in [1.165, 1.54) is 12.2 Å². The molecule has 2 aromatic rings. The van der Waals surface area contributed by atoms with Crippen molar-refractivity contribution in [2.45, 2.75) is 45.3 Å². The lowest BCUT2D eigenvalue weighted by molar-refractivity contribution is -0.176. The van der Waals surface area contributed by atoms with Crippen LogP contribution in [-0.2, 0) is 14.1 Å². The minimum absolute atomic E-state index is 0.159. The Kier molecular flexibility index (Phi) is 6.98. The lowest BCUT2D eigenvalue weighted by Crippen LogP contribution is -2.68. The van der Waals surface area contributed by atoms with Crippen molar-refractivity contribution in [2.75, 3.05) is 14.2 Å². The highest BCUT2D eigenvalue weighted by atomic mass is 28.4. The highest BCUT2D eigenvalue weighted by molar-refractivity contribution is 6.99. The second-order valence-electron chi connectivity index (χ2n) is 7.70. The van der Waals surface area contributed by atoms with Crippen molar-refractivity contribution in [1.82, 2.24) is 5.06 Å². The number of likely N-dealkylation sites (N-methyl/N-ethyl adjacent to an activating group) is 1. The normalized spacial score (nSPS) is 13.3. The van der Waals surface area contributed by atoms with Crippen molar-refractivity contribution in [2.24, 2.45) is 0 Å². The molecule has 2 aromatic carbocycles. The smallest absolute Gasteiger partial charge is 0.273 e. The molecule has 2 rings (SSSR count). The van der Waals surface area contributed by atoms with Crippen LogP contribution in [-0.4, -0.2) is 39.5 Å². The minimum atomic E-state index is -2.76. The molecule has 27 heavy (non-hydrogen) atoms. The first-order valence-electron chi connectivity index (χ1n) is 9.38. The van der Waals surface area contributed by atoms with Crippen LogP contribution < -0.4 is 10.4 Å². The SMILES string of the molecule is CCC(O[Si](c1ccccc1)(c1ccccc1)C(C)(C)C)C(=O)N(C)OC. The average molecular weight is 386 g/mol. The number of carbonyl (C=O) groups is 1. The predicted octanol–water partition coefficient (Wildman–Crippen LogP) is 3.36. The third-order valence-electron chi connectivity index (χ3n) is 4.97. The van der Waals surface area contributed by atoms with E-state index in [2.05, 4.69) is 45.0 Å². The standard InChI is InChI=1S/C22H31NO3Si/c1-7-20(21(24)23(5)25-6)26-27(22(2,3)4,18-14-10-8-11-15-18)19-16-12-9-13-17-19/h8-17,20H,7H2,1-6H3. The topological polar surface area (TPSA) is 38.8 Å². The van der Waals surface area contributed by atoms with Crippen LogP contribution in [0.5, 0.6) is 0 Å². The van der Waals surface area contributed by atoms with Crippen molar-refractivity contribution < 1.29 is 14.1 Å². The van der Waals surface area contributed by atoms with E-state index in [1.54, 1.807) is 7.05 Å². The van der Waals surface area contributed by atoms with Crippen LogP contribution in [0, 0.1) is 0 Å². The molecule has 1 amide bonds. The van der Waals surface area contributed by atoms with Gasteiger partial charge in [-0.15, -0.1) is 0 Å². The molecule has 0 spiro atoms. The van der Waals surface area contributed by atoms with E-state index in [0.717, 1.165) is 10.4 Å². The fraction of sp³-hybridized carbons (Fsp3) is 0.409. The molecule has 5 heteroatoms. The Hall–Kier alpha value is -1.95. The van der Waals surface area contributed by atoms with E-state index in [4.69, 9.17) is 9.26 Å². The zero-order valence-corrected chi connectivity index (χ0v) is 18.2. The summed E-state index contributed by atoms with van der Waals surface area (Å²) in [6.45, 7) is 8.59. The second kappa shape index (κ2) is 8.82. The maximum atomic E-state index is 12.9. The van der Waals surface area contributed by atoms with Gasteiger partial charge in [0.2, 0.25) is 0 Å². The molecule has 0 aliphatic carbocycles. The molecule has 0 aromatic heterocycles. The number of hydroxylamine groups is 2. The van der Waals surface area contributed by atoms with Crippen molar-refractivity contribution >= 4 is 24.6 Å². The Labute approximate surface area is 164 Å². The van der Waals surface area contributed by atoms with E-state index in [9.17, 15) is 4.79 Å². The van der Waals surface area contributed by atoms with Gasteiger partial charge in [0.15, 0.2) is 0 Å². The molecule has 0 bridgehead atoms. The van der Waals surface area contributed by atoms with Crippen LogP contribution in [0.2, 0.25) is 5.04 Å². The molecule has 146 valence electrons. The van der Waals surface area contributed by atoms with Gasteiger partial charge < -0.3 is 4.43 Å². The fourth-order valence-corrected chi connectivity index (χ4v) is 8.21. The highest BCUT2D eigenvalue weighted by Gasteiger charge is 2.52. The molecule has 0 heterocycles. The van der Waals surface area contributed by atoms with Crippen LogP contribution in [0.3, 0.4) is 0 Å². The van der Waals surface area contributed by atoms with Gasteiger partial charge in [0.1, 0.15) is 6.10 Å². The van der Waals surface area contributed by atoms with Gasteiger partial charge in [-0.25, -0.2) is 5.06 Å². The molecule has 1 atom stereocenters. The zero-order valence-electron chi connectivity index (χ0n) is 17.2. The van der Waals surface area contributed by atoms with Gasteiger partial charge in [-0.2, -0.15) is 0 Å². The number of hydrogen-bond acceptors (Lipinski definition) is 3. The van der Waals surface area contributed by atoms with Crippen LogP contribution in [0.25, 0.3) is 0 Å². The molecule has 0 aliphatic heterocycles. The Bertz CT molecular complexity index is 689. The van der Waals surface area contributed by atoms with E-state index < -0.39 is 14.4 Å². The second-order valence-corrected chi connectivity index (χ2v) is 11.9. The maximum absolute atomic E-state index is 12.9. The lowest BCUT2D eigenvalue weighted by Gasteiger charge is -2.45. The number of carbonyl (C=O) groups excluding carboxylic acids is 1. The number of hydrogen-bond donors (Lipinski definition) is 0. The van der Waals surface area contributed by atoms with Gasteiger partial charge >= 0.3 is 0 Å². The largest absolute Gasteiger partial charge is 0.395 e. The summed E-state index contributed by atoms with van der Waals surface area (Å²) in [4.78, 5) is 18.0. The molecule has 0 aliphatic rings. The Morgan fingerprint density at radius 3 is 1.78 bits per heavy atom. The van der Waals surface area contributed by atoms with Crippen LogP contribution in [0.4, 0.5) is 0 Å². The fourth-order valence-electron chi connectivity index (χ4n) is 3.51. The van der Waals surface area contributed by atoms with Crippen molar-refractivity contribution in [1.29, 1.82) is 0 Å². The molecular weight excluding hydrogens is 354 g/mol. The Morgan fingerprint density at radius 1 is 1.00 bits per heavy atom. The van der Waals surface area contributed by atoms with Crippen molar-refractivity contribution in [3.63, 3.8) is 0 Å². The molecule has 0 N–H and O–H groups in total. The predicted molar refractivity (Wildman–Crippen MR) is 113 cm³/mol. The molecule has 0 radical (unpaired) electrons. The maximum Gasteiger partial charge on any atom is 0.273 e. The van der Waals surface area contributed by atoms with Crippen LogP contribution in [0.1, 0.15) is 34.1 Å². The number of rotatable bonds is 7. The number of amides is 1. The molecule has 1 unspecified atom stereocenters. The molecule has 0 saturated carbocycles. The third-order valence-corrected chi connectivity index (χ3v) is 10.0. The molecule has 4 nitrogen and oxygen atoms in total. The van der Waals surface area contributed by atoms with E-state index in [-0.39, 0.29) is 10.9 Å². The third kappa shape index (κ3) is 4.31. The summed E-state index contributed by atoms with van der Waals surface area (Å²) in [7, 11) is 0.360. The Balaban J connectivity index is 2.67. The van der Waals surface area contributed by atoms with Crippen LogP contribution >= 0.6 is 0 Å². The highest BCUT2D eigenvalue weighted by Crippen LogP contribution is 2.38. The summed E-state index contributed by atoms with van der Waals surface area (Å²) >= 11 is 0. The average Bonchev–Trinajstić information content (AvgIpc) is 2.68. The van der Waals surface area contributed by atoms with Gasteiger partial charge in [-0.1, -0.05) is 88.4 Å². The van der Waals surface area contributed by atoms with Crippen molar-refractivity contribution in [3.8, 4) is 0 Å². The summed E-state index contributed by atoms with van der Waals surface area (Å²) in [6, 6.07) is 20.7.